The molecule has 0 aliphatic rings. The lowest BCUT2D eigenvalue weighted by atomic mass is 10.1. The van der Waals surface area contributed by atoms with Crippen molar-refractivity contribution in [3.8, 4) is 6.07 Å². The minimum Gasteiger partial charge on any atom is -0.317 e. The molecule has 84 valence electrons. The predicted molar refractivity (Wildman–Crippen MR) is 54.2 cm³/mol. The molecule has 1 atom stereocenters. The minimum absolute atomic E-state index is 0.456. The maximum absolute atomic E-state index is 12.1. The maximum atomic E-state index is 12.1. The number of rotatable bonds is 2. The molecule has 0 heterocycles. The van der Waals surface area contributed by atoms with Crippen LogP contribution in [-0.2, 0) is 0 Å². The fourth-order valence-electron chi connectivity index (χ4n) is 0.993. The van der Waals surface area contributed by atoms with Crippen LogP contribution in [0.1, 0.15) is 11.1 Å². The van der Waals surface area contributed by atoms with Gasteiger partial charge in [0.2, 0.25) is 0 Å². The fourth-order valence-corrected chi connectivity index (χ4v) is 0.993. The summed E-state index contributed by atoms with van der Waals surface area (Å²) < 4.78 is 36.2. The summed E-state index contributed by atoms with van der Waals surface area (Å²) in [5.41, 5.74) is 5.91. The van der Waals surface area contributed by atoms with Gasteiger partial charge in [-0.1, -0.05) is 24.3 Å². The Balaban J connectivity index is 2.74. The van der Waals surface area contributed by atoms with Crippen LogP contribution in [0, 0.1) is 11.3 Å². The third-order valence-corrected chi connectivity index (χ3v) is 1.91. The predicted octanol–water partition coefficient (Wildman–Crippen LogP) is 2.46. The first-order chi connectivity index (χ1) is 7.43. The van der Waals surface area contributed by atoms with Crippen molar-refractivity contribution in [1.82, 2.24) is 0 Å². The maximum Gasteiger partial charge on any atom is 0.407 e. The lowest BCUT2D eigenvalue weighted by Crippen LogP contribution is -2.35. The van der Waals surface area contributed by atoms with Gasteiger partial charge in [-0.2, -0.15) is 18.4 Å². The van der Waals surface area contributed by atoms with Gasteiger partial charge in [-0.3, -0.25) is 0 Å². The number of benzene rings is 1. The summed E-state index contributed by atoms with van der Waals surface area (Å²) in [6, 6.07) is 6.11. The monoisotopic (exact) mass is 226 g/mol. The molecule has 5 heteroatoms. The van der Waals surface area contributed by atoms with E-state index in [2.05, 4.69) is 0 Å². The van der Waals surface area contributed by atoms with E-state index in [0.717, 1.165) is 6.08 Å². The molecule has 0 aliphatic carbocycles. The Morgan fingerprint density at radius 2 is 1.81 bits per heavy atom. The second-order valence-electron chi connectivity index (χ2n) is 3.16. The van der Waals surface area contributed by atoms with Gasteiger partial charge in [-0.15, -0.1) is 0 Å². The van der Waals surface area contributed by atoms with Crippen molar-refractivity contribution in [2.24, 2.45) is 5.73 Å². The second kappa shape index (κ2) is 4.81. The summed E-state index contributed by atoms with van der Waals surface area (Å²) in [5.74, 6) is 0. The quantitative estimate of drug-likeness (QED) is 0.842. The molecule has 1 aromatic carbocycles. The van der Waals surface area contributed by atoms with Crippen molar-refractivity contribution < 1.29 is 13.2 Å². The number of nitriles is 1. The number of nitrogens with zero attached hydrogens (tertiary/aromatic N) is 1. The molecular weight excluding hydrogens is 217 g/mol. The van der Waals surface area contributed by atoms with Gasteiger partial charge in [-0.25, -0.2) is 0 Å². The van der Waals surface area contributed by atoms with Crippen molar-refractivity contribution in [3.63, 3.8) is 0 Å². The van der Waals surface area contributed by atoms with Crippen LogP contribution in [0.4, 0.5) is 13.2 Å². The van der Waals surface area contributed by atoms with Crippen LogP contribution in [-0.4, -0.2) is 12.2 Å². The first kappa shape index (κ1) is 12.3. The molecule has 0 saturated heterocycles. The zero-order chi connectivity index (χ0) is 12.2. The first-order valence-corrected chi connectivity index (χ1v) is 4.44. The van der Waals surface area contributed by atoms with Gasteiger partial charge in [0, 0.05) is 0 Å². The van der Waals surface area contributed by atoms with Crippen LogP contribution >= 0.6 is 0 Å². The van der Waals surface area contributed by atoms with Crippen LogP contribution < -0.4 is 5.73 Å². The molecule has 0 radical (unpaired) electrons. The molecule has 0 bridgehead atoms. The summed E-state index contributed by atoms with van der Waals surface area (Å²) in [7, 11) is 0. The molecule has 0 spiro atoms. The van der Waals surface area contributed by atoms with Crippen LogP contribution in [0.5, 0.6) is 0 Å². The number of hydrogen-bond acceptors (Lipinski definition) is 2. The summed E-state index contributed by atoms with van der Waals surface area (Å²) in [5, 5.41) is 8.52. The number of halogens is 3. The molecule has 16 heavy (non-hydrogen) atoms. The van der Waals surface area contributed by atoms with E-state index >= 15 is 0 Å². The summed E-state index contributed by atoms with van der Waals surface area (Å²) in [6.45, 7) is 0. The Hall–Kier alpha value is -1.80. The van der Waals surface area contributed by atoms with E-state index in [1.165, 1.54) is 18.2 Å². The highest BCUT2D eigenvalue weighted by Crippen LogP contribution is 2.19. The highest BCUT2D eigenvalue weighted by atomic mass is 19.4. The largest absolute Gasteiger partial charge is 0.407 e. The van der Waals surface area contributed by atoms with Gasteiger partial charge in [0.15, 0.2) is 0 Å². The fraction of sp³-hybridized carbons (Fsp3) is 0.182. The van der Waals surface area contributed by atoms with E-state index in [1.807, 2.05) is 6.07 Å². The van der Waals surface area contributed by atoms with Gasteiger partial charge < -0.3 is 5.73 Å². The van der Waals surface area contributed by atoms with E-state index in [0.29, 0.717) is 11.1 Å². The SMILES string of the molecule is N#Cc1ccc(C=C[C@H](N)C(F)(F)F)cc1. The zero-order valence-electron chi connectivity index (χ0n) is 8.20. The molecule has 0 amide bonds. The average molecular weight is 226 g/mol. The highest BCUT2D eigenvalue weighted by Gasteiger charge is 2.34. The molecule has 0 fully saturated rings. The lowest BCUT2D eigenvalue weighted by Gasteiger charge is -2.10. The van der Waals surface area contributed by atoms with Gasteiger partial charge in [0.05, 0.1) is 11.6 Å². The van der Waals surface area contributed by atoms with Gasteiger partial charge in [0.25, 0.3) is 0 Å². The zero-order valence-corrected chi connectivity index (χ0v) is 8.20. The third kappa shape index (κ3) is 3.41. The summed E-state index contributed by atoms with van der Waals surface area (Å²) in [4.78, 5) is 0. The smallest absolute Gasteiger partial charge is 0.317 e. The Morgan fingerprint density at radius 1 is 1.25 bits per heavy atom. The Morgan fingerprint density at radius 3 is 2.25 bits per heavy atom. The van der Waals surface area contributed by atoms with E-state index < -0.39 is 12.2 Å². The highest BCUT2D eigenvalue weighted by molar-refractivity contribution is 5.51. The molecule has 0 aromatic heterocycles. The Bertz CT molecular complexity index is 412. The topological polar surface area (TPSA) is 49.8 Å². The van der Waals surface area contributed by atoms with E-state index in [4.69, 9.17) is 11.0 Å². The minimum atomic E-state index is -4.43. The van der Waals surface area contributed by atoms with Crippen molar-refractivity contribution in [2.75, 3.05) is 0 Å². The standard InChI is InChI=1S/C11H9F3N2/c12-11(13,14)10(16)6-5-8-1-3-9(7-15)4-2-8/h1-6,10H,16H2/t10-/m0/s1. The summed E-state index contributed by atoms with van der Waals surface area (Å²) >= 11 is 0. The average Bonchev–Trinajstić information content (AvgIpc) is 2.25. The van der Waals surface area contributed by atoms with Crippen LogP contribution in [0.2, 0.25) is 0 Å². The molecule has 0 unspecified atom stereocenters. The van der Waals surface area contributed by atoms with E-state index in [9.17, 15) is 13.2 Å². The molecular formula is C11H9F3N2. The Kier molecular flexibility index (Phi) is 3.69. The molecule has 1 aromatic rings. The van der Waals surface area contributed by atoms with Crippen molar-refractivity contribution in [2.45, 2.75) is 12.2 Å². The van der Waals surface area contributed by atoms with E-state index in [-0.39, 0.29) is 0 Å². The van der Waals surface area contributed by atoms with Gasteiger partial charge in [-0.05, 0) is 17.7 Å². The number of alkyl halides is 3. The van der Waals surface area contributed by atoms with Crippen molar-refractivity contribution in [1.29, 1.82) is 5.26 Å². The van der Waals surface area contributed by atoms with Crippen LogP contribution in [0.25, 0.3) is 6.08 Å². The molecule has 2 nitrogen and oxygen atoms in total. The van der Waals surface area contributed by atoms with Gasteiger partial charge >= 0.3 is 6.18 Å². The van der Waals surface area contributed by atoms with Crippen molar-refractivity contribution in [3.05, 3.63) is 41.5 Å². The third-order valence-electron chi connectivity index (χ3n) is 1.91. The normalized spacial score (nSPS) is 13.7. The molecule has 0 saturated carbocycles. The Labute approximate surface area is 90.8 Å². The number of nitrogens with two attached hydrogens (primary N) is 1. The number of hydrogen-bond donors (Lipinski definition) is 1. The molecule has 0 aliphatic heterocycles. The second-order valence-corrected chi connectivity index (χ2v) is 3.16. The van der Waals surface area contributed by atoms with Crippen LogP contribution in [0.3, 0.4) is 0 Å². The van der Waals surface area contributed by atoms with Gasteiger partial charge in [0.1, 0.15) is 6.04 Å². The lowest BCUT2D eigenvalue weighted by molar-refractivity contribution is -0.136. The van der Waals surface area contributed by atoms with Crippen LogP contribution in [0.15, 0.2) is 30.3 Å². The first-order valence-electron chi connectivity index (χ1n) is 4.44. The van der Waals surface area contributed by atoms with E-state index in [1.54, 1.807) is 12.1 Å². The molecule has 1 rings (SSSR count). The summed E-state index contributed by atoms with van der Waals surface area (Å²) in [6.07, 6.45) is -2.27. The molecule has 2 N–H and O–H groups in total. The van der Waals surface area contributed by atoms with Crippen molar-refractivity contribution >= 4 is 6.08 Å².